The van der Waals surface area contributed by atoms with E-state index < -0.39 is 5.97 Å². The van der Waals surface area contributed by atoms with Crippen molar-refractivity contribution < 1.29 is 24.5 Å². The van der Waals surface area contributed by atoms with Gasteiger partial charge in [-0.1, -0.05) is 57.4 Å². The Labute approximate surface area is 175 Å². The quantitative estimate of drug-likeness (QED) is 0.261. The fourth-order valence-electron chi connectivity index (χ4n) is 5.13. The van der Waals surface area contributed by atoms with Crippen LogP contribution in [0.5, 0.6) is 0 Å². The van der Waals surface area contributed by atoms with E-state index in [1.165, 1.54) is 39.0 Å². The van der Waals surface area contributed by atoms with Crippen LogP contribution in [-0.4, -0.2) is 34.4 Å². The molecule has 4 atom stereocenters. The van der Waals surface area contributed by atoms with Crippen LogP contribution in [0.4, 0.5) is 0 Å². The topological polar surface area (TPSA) is 83.8 Å². The first-order valence-corrected chi connectivity index (χ1v) is 11.7. The SMILES string of the molecule is CC(=O)OC(/C=C/C1CCC(O)C1CCCCCCC(=O)O)CC1CCCCC1. The number of carbonyl (C=O) groups is 2. The molecule has 0 amide bonds. The molecule has 0 aliphatic heterocycles. The molecule has 29 heavy (non-hydrogen) atoms. The molecule has 4 unspecified atom stereocenters. The molecule has 2 N–H and O–H groups in total. The fraction of sp³-hybridized carbons (Fsp3) is 0.833. The molecule has 0 aromatic rings. The molecular weight excluding hydrogens is 368 g/mol. The first kappa shape index (κ1) is 23.9. The maximum absolute atomic E-state index is 11.5. The Hall–Kier alpha value is -1.36. The van der Waals surface area contributed by atoms with E-state index in [1.54, 1.807) is 0 Å². The lowest BCUT2D eigenvalue weighted by atomic mass is 9.84. The molecule has 0 bridgehead atoms. The third-order valence-corrected chi connectivity index (χ3v) is 6.70. The van der Waals surface area contributed by atoms with Gasteiger partial charge in [0.25, 0.3) is 0 Å². The van der Waals surface area contributed by atoms with Crippen LogP contribution in [0.1, 0.15) is 96.8 Å². The van der Waals surface area contributed by atoms with E-state index in [0.717, 1.165) is 51.4 Å². The van der Waals surface area contributed by atoms with Gasteiger partial charge in [0.1, 0.15) is 6.10 Å². The number of allylic oxidation sites excluding steroid dienone is 1. The number of aliphatic carboxylic acids is 1. The van der Waals surface area contributed by atoms with Crippen molar-refractivity contribution >= 4 is 11.9 Å². The minimum atomic E-state index is -0.725. The van der Waals surface area contributed by atoms with Crippen molar-refractivity contribution in [3.8, 4) is 0 Å². The van der Waals surface area contributed by atoms with Crippen molar-refractivity contribution in [1.29, 1.82) is 0 Å². The van der Waals surface area contributed by atoms with Crippen molar-refractivity contribution in [2.45, 2.75) is 109 Å². The third-order valence-electron chi connectivity index (χ3n) is 6.70. The van der Waals surface area contributed by atoms with Crippen molar-refractivity contribution in [2.24, 2.45) is 17.8 Å². The number of carboxylic acids is 1. The van der Waals surface area contributed by atoms with E-state index in [4.69, 9.17) is 9.84 Å². The zero-order valence-corrected chi connectivity index (χ0v) is 18.1. The van der Waals surface area contributed by atoms with Gasteiger partial charge in [0.15, 0.2) is 0 Å². The summed E-state index contributed by atoms with van der Waals surface area (Å²) in [7, 11) is 0. The molecule has 0 aromatic heterocycles. The first-order chi connectivity index (χ1) is 14.0. The molecule has 0 radical (unpaired) electrons. The molecule has 0 heterocycles. The minimum Gasteiger partial charge on any atom is -0.481 e. The summed E-state index contributed by atoms with van der Waals surface area (Å²) < 4.78 is 5.58. The Morgan fingerprint density at radius 3 is 2.45 bits per heavy atom. The van der Waals surface area contributed by atoms with Gasteiger partial charge in [-0.25, -0.2) is 0 Å². The third kappa shape index (κ3) is 9.33. The van der Waals surface area contributed by atoms with Gasteiger partial charge in [0.05, 0.1) is 6.10 Å². The lowest BCUT2D eigenvalue weighted by Gasteiger charge is -2.25. The fourth-order valence-corrected chi connectivity index (χ4v) is 5.13. The summed E-state index contributed by atoms with van der Waals surface area (Å²) in [5, 5.41) is 19.1. The molecule has 2 rings (SSSR count). The second-order valence-electron chi connectivity index (χ2n) is 9.09. The number of hydrogen-bond acceptors (Lipinski definition) is 4. The summed E-state index contributed by atoms with van der Waals surface area (Å²) in [6.07, 6.45) is 17.9. The molecule has 2 saturated carbocycles. The van der Waals surface area contributed by atoms with Crippen LogP contribution in [0.15, 0.2) is 12.2 Å². The molecule has 0 spiro atoms. The summed E-state index contributed by atoms with van der Waals surface area (Å²) in [4.78, 5) is 22.1. The number of ether oxygens (including phenoxy) is 1. The maximum Gasteiger partial charge on any atom is 0.303 e. The van der Waals surface area contributed by atoms with Crippen molar-refractivity contribution in [1.82, 2.24) is 0 Å². The second-order valence-corrected chi connectivity index (χ2v) is 9.09. The van der Waals surface area contributed by atoms with Gasteiger partial charge in [0, 0.05) is 13.3 Å². The van der Waals surface area contributed by atoms with Crippen LogP contribution < -0.4 is 0 Å². The van der Waals surface area contributed by atoms with E-state index >= 15 is 0 Å². The Morgan fingerprint density at radius 1 is 1.03 bits per heavy atom. The van der Waals surface area contributed by atoms with Gasteiger partial charge < -0.3 is 14.9 Å². The van der Waals surface area contributed by atoms with E-state index in [2.05, 4.69) is 12.2 Å². The predicted molar refractivity (Wildman–Crippen MR) is 113 cm³/mol. The number of unbranched alkanes of at least 4 members (excludes halogenated alkanes) is 3. The Balaban J connectivity index is 1.81. The largest absolute Gasteiger partial charge is 0.481 e. The number of hydrogen-bond donors (Lipinski definition) is 2. The number of aliphatic hydroxyl groups is 1. The molecule has 5 nitrogen and oxygen atoms in total. The minimum absolute atomic E-state index is 0.148. The molecule has 0 saturated heterocycles. The zero-order chi connectivity index (χ0) is 21.1. The maximum atomic E-state index is 11.5. The first-order valence-electron chi connectivity index (χ1n) is 11.7. The Morgan fingerprint density at radius 2 is 1.76 bits per heavy atom. The Bertz CT molecular complexity index is 523. The number of aliphatic hydroxyl groups excluding tert-OH is 1. The van der Waals surface area contributed by atoms with E-state index in [0.29, 0.717) is 11.8 Å². The van der Waals surface area contributed by atoms with Gasteiger partial charge in [-0.2, -0.15) is 0 Å². The summed E-state index contributed by atoms with van der Waals surface area (Å²) in [6.45, 7) is 1.48. The Kier molecular flexibility index (Phi) is 10.8. The molecule has 2 fully saturated rings. The normalized spacial score (nSPS) is 26.6. The van der Waals surface area contributed by atoms with Crippen LogP contribution in [0.3, 0.4) is 0 Å². The summed E-state index contributed by atoms with van der Waals surface area (Å²) in [5.74, 6) is 0.303. The van der Waals surface area contributed by atoms with E-state index in [9.17, 15) is 14.7 Å². The van der Waals surface area contributed by atoms with Crippen LogP contribution >= 0.6 is 0 Å². The van der Waals surface area contributed by atoms with Crippen molar-refractivity contribution in [2.75, 3.05) is 0 Å². The molecule has 2 aliphatic carbocycles. The average Bonchev–Trinajstić information content (AvgIpc) is 3.02. The highest BCUT2D eigenvalue weighted by Crippen LogP contribution is 2.37. The van der Waals surface area contributed by atoms with Crippen LogP contribution in [0.25, 0.3) is 0 Å². The molecule has 2 aliphatic rings. The number of esters is 1. The highest BCUT2D eigenvalue weighted by Gasteiger charge is 2.33. The van der Waals surface area contributed by atoms with Gasteiger partial charge in [-0.3, -0.25) is 9.59 Å². The number of rotatable bonds is 12. The summed E-state index contributed by atoms with van der Waals surface area (Å²) >= 11 is 0. The van der Waals surface area contributed by atoms with Crippen molar-refractivity contribution in [3.63, 3.8) is 0 Å². The van der Waals surface area contributed by atoms with E-state index in [-0.39, 0.29) is 30.5 Å². The lowest BCUT2D eigenvalue weighted by molar-refractivity contribution is -0.145. The highest BCUT2D eigenvalue weighted by atomic mass is 16.5. The smallest absolute Gasteiger partial charge is 0.303 e. The van der Waals surface area contributed by atoms with Gasteiger partial charge in [-0.05, 0) is 55.9 Å². The van der Waals surface area contributed by atoms with Crippen molar-refractivity contribution in [3.05, 3.63) is 12.2 Å². The van der Waals surface area contributed by atoms with Crippen LogP contribution in [-0.2, 0) is 14.3 Å². The van der Waals surface area contributed by atoms with Gasteiger partial charge in [0.2, 0.25) is 0 Å². The molecule has 166 valence electrons. The monoisotopic (exact) mass is 408 g/mol. The molecule has 0 aromatic carbocycles. The lowest BCUT2D eigenvalue weighted by Crippen LogP contribution is -2.21. The zero-order valence-electron chi connectivity index (χ0n) is 18.1. The standard InChI is InChI=1S/C24H40O5/c1-18(25)29-21(17-19-9-5-4-6-10-19)15-13-20-14-16-23(26)22(20)11-7-2-3-8-12-24(27)28/h13,15,19-23,26H,2-12,14,16-17H2,1H3,(H,27,28)/b15-13+. The van der Waals surface area contributed by atoms with Gasteiger partial charge in [-0.15, -0.1) is 0 Å². The summed E-state index contributed by atoms with van der Waals surface area (Å²) in [6, 6.07) is 0. The number of carboxylic acid groups (broad SMARTS) is 1. The summed E-state index contributed by atoms with van der Waals surface area (Å²) in [5.41, 5.74) is 0. The highest BCUT2D eigenvalue weighted by molar-refractivity contribution is 5.66. The van der Waals surface area contributed by atoms with Crippen LogP contribution in [0.2, 0.25) is 0 Å². The second kappa shape index (κ2) is 13.0. The average molecular weight is 409 g/mol. The van der Waals surface area contributed by atoms with Gasteiger partial charge >= 0.3 is 11.9 Å². The molecule has 5 heteroatoms. The van der Waals surface area contributed by atoms with E-state index in [1.807, 2.05) is 0 Å². The predicted octanol–water partition coefficient (Wildman–Crippen LogP) is 5.26. The van der Waals surface area contributed by atoms with Crippen LogP contribution in [0, 0.1) is 17.8 Å². The number of carbonyl (C=O) groups excluding carboxylic acids is 1. The molecular formula is C24H40O5.